The number of nitrogens with zero attached hydrogens (tertiary/aromatic N) is 4. The van der Waals surface area contributed by atoms with Gasteiger partial charge in [0.1, 0.15) is 12.3 Å². The number of methoxy groups -OCH3 is 1. The second-order valence-corrected chi connectivity index (χ2v) is 8.63. The van der Waals surface area contributed by atoms with E-state index in [1.165, 1.54) is 5.69 Å². The molecule has 1 fully saturated rings. The Hall–Kier alpha value is -3.74. The number of carbonyl (C=O) groups is 1. The molecular weight excluding hydrogens is 402 g/mol. The number of amides is 1. The Labute approximate surface area is 186 Å². The van der Waals surface area contributed by atoms with Gasteiger partial charge in [0.15, 0.2) is 0 Å². The number of piperidine rings is 1. The summed E-state index contributed by atoms with van der Waals surface area (Å²) in [5.74, 6) is 0.932. The first-order chi connectivity index (χ1) is 15.7. The van der Waals surface area contributed by atoms with Gasteiger partial charge >= 0.3 is 0 Å². The number of hydrogen-bond acceptors (Lipinski definition) is 4. The molecule has 0 aliphatic carbocycles. The summed E-state index contributed by atoms with van der Waals surface area (Å²) in [5.41, 5.74) is 4.90. The van der Waals surface area contributed by atoms with E-state index in [1.807, 2.05) is 45.9 Å². The third-order valence-electron chi connectivity index (χ3n) is 6.75. The van der Waals surface area contributed by atoms with E-state index in [0.717, 1.165) is 47.5 Å². The number of likely N-dealkylation sites (tertiary alicyclic amines) is 1. The Balaban J connectivity index is 1.31. The largest absolute Gasteiger partial charge is 0.497 e. The first-order valence-electron chi connectivity index (χ1n) is 11.0. The summed E-state index contributed by atoms with van der Waals surface area (Å²) in [7, 11) is 1.68. The third kappa shape index (κ3) is 2.88. The molecule has 4 heterocycles. The molecule has 32 heavy (non-hydrogen) atoms. The molecule has 1 saturated heterocycles. The second kappa shape index (κ2) is 7.15. The molecule has 6 rings (SSSR count). The van der Waals surface area contributed by atoms with Crippen LogP contribution in [0, 0.1) is 0 Å². The Bertz CT molecular complexity index is 1320. The number of benzene rings is 2. The number of imidazole rings is 1. The zero-order valence-corrected chi connectivity index (χ0v) is 18.0. The van der Waals surface area contributed by atoms with Crippen LogP contribution in [0.4, 0.5) is 5.69 Å². The van der Waals surface area contributed by atoms with Crippen LogP contribution in [-0.4, -0.2) is 45.1 Å². The van der Waals surface area contributed by atoms with E-state index in [0.29, 0.717) is 13.1 Å². The van der Waals surface area contributed by atoms with Crippen LogP contribution in [0.2, 0.25) is 0 Å². The summed E-state index contributed by atoms with van der Waals surface area (Å²) in [6.45, 7) is 1.68. The number of anilines is 1. The maximum atomic E-state index is 13.4. The second-order valence-electron chi connectivity index (χ2n) is 8.63. The standard InChI is InChI=1S/C25H25N5O2/c1-32-18-9-10-22-20(14-18)27-25(23-8-4-13-30(22)23)11-5-12-28(16-25)24(31)15-29-17-26-19-6-2-3-7-21(19)29/h2-4,6-10,13-14,17,27H,5,11-12,15-16H2,1H3. The average Bonchev–Trinajstić information content (AvgIpc) is 3.47. The number of para-hydroxylation sites is 2. The van der Waals surface area contributed by atoms with Gasteiger partial charge in [-0.2, -0.15) is 0 Å². The van der Waals surface area contributed by atoms with Crippen molar-refractivity contribution >= 4 is 22.6 Å². The fourth-order valence-corrected chi connectivity index (χ4v) is 5.22. The molecule has 1 spiro atoms. The molecule has 1 unspecified atom stereocenters. The normalized spacial score (nSPS) is 19.5. The lowest BCUT2D eigenvalue weighted by Crippen LogP contribution is -2.55. The van der Waals surface area contributed by atoms with Gasteiger partial charge in [-0.05, 0) is 49.2 Å². The smallest absolute Gasteiger partial charge is 0.242 e. The zero-order chi connectivity index (χ0) is 21.7. The maximum Gasteiger partial charge on any atom is 0.242 e. The van der Waals surface area contributed by atoms with Gasteiger partial charge in [0.2, 0.25) is 5.91 Å². The Morgan fingerprint density at radius 1 is 1.19 bits per heavy atom. The highest BCUT2D eigenvalue weighted by molar-refractivity contribution is 5.81. The minimum atomic E-state index is -0.326. The van der Waals surface area contributed by atoms with Gasteiger partial charge in [0.05, 0.1) is 47.1 Å². The van der Waals surface area contributed by atoms with E-state index in [-0.39, 0.29) is 11.4 Å². The van der Waals surface area contributed by atoms with Crippen molar-refractivity contribution in [1.29, 1.82) is 0 Å². The molecule has 1 N–H and O–H groups in total. The molecule has 2 aliphatic heterocycles. The highest BCUT2D eigenvalue weighted by Crippen LogP contribution is 2.43. The van der Waals surface area contributed by atoms with E-state index in [4.69, 9.17) is 4.74 Å². The number of nitrogens with one attached hydrogen (secondary N) is 1. The van der Waals surface area contributed by atoms with Crippen LogP contribution >= 0.6 is 0 Å². The first kappa shape index (κ1) is 19.0. The van der Waals surface area contributed by atoms with Crippen molar-refractivity contribution in [2.24, 2.45) is 0 Å². The molecule has 1 atom stereocenters. The highest BCUT2D eigenvalue weighted by Gasteiger charge is 2.43. The van der Waals surface area contributed by atoms with E-state index in [1.54, 1.807) is 13.4 Å². The van der Waals surface area contributed by atoms with Gasteiger partial charge in [0, 0.05) is 25.4 Å². The number of ether oxygens (including phenoxy) is 1. The quantitative estimate of drug-likeness (QED) is 0.541. The Morgan fingerprint density at radius 2 is 2.09 bits per heavy atom. The summed E-state index contributed by atoms with van der Waals surface area (Å²) >= 11 is 0. The van der Waals surface area contributed by atoms with Gasteiger partial charge in [-0.15, -0.1) is 0 Å². The van der Waals surface area contributed by atoms with E-state index < -0.39 is 0 Å². The van der Waals surface area contributed by atoms with Crippen LogP contribution in [0.25, 0.3) is 16.7 Å². The molecular formula is C25H25N5O2. The van der Waals surface area contributed by atoms with Gasteiger partial charge < -0.3 is 24.1 Å². The minimum Gasteiger partial charge on any atom is -0.497 e. The van der Waals surface area contributed by atoms with Crippen LogP contribution in [0.5, 0.6) is 5.75 Å². The van der Waals surface area contributed by atoms with Gasteiger partial charge in [-0.3, -0.25) is 4.79 Å². The predicted octanol–water partition coefficient (Wildman–Crippen LogP) is 3.78. The van der Waals surface area contributed by atoms with Gasteiger partial charge in [-0.25, -0.2) is 4.98 Å². The third-order valence-corrected chi connectivity index (χ3v) is 6.75. The molecule has 162 valence electrons. The molecule has 0 saturated carbocycles. The van der Waals surface area contributed by atoms with Crippen LogP contribution in [0.15, 0.2) is 67.1 Å². The lowest BCUT2D eigenvalue weighted by molar-refractivity contribution is -0.133. The van der Waals surface area contributed by atoms with Crippen molar-refractivity contribution in [3.05, 3.63) is 72.8 Å². The Morgan fingerprint density at radius 3 is 3.00 bits per heavy atom. The van der Waals surface area contributed by atoms with Crippen molar-refractivity contribution < 1.29 is 9.53 Å². The van der Waals surface area contributed by atoms with Crippen molar-refractivity contribution in [3.63, 3.8) is 0 Å². The Kier molecular flexibility index (Phi) is 4.24. The fourth-order valence-electron chi connectivity index (χ4n) is 5.22. The topological polar surface area (TPSA) is 64.3 Å². The molecule has 2 aliphatic rings. The van der Waals surface area contributed by atoms with Crippen LogP contribution in [0.1, 0.15) is 18.5 Å². The average molecular weight is 428 g/mol. The van der Waals surface area contributed by atoms with Crippen LogP contribution < -0.4 is 10.1 Å². The van der Waals surface area contributed by atoms with Crippen molar-refractivity contribution in [3.8, 4) is 11.4 Å². The molecule has 7 nitrogen and oxygen atoms in total. The van der Waals surface area contributed by atoms with Crippen molar-refractivity contribution in [1.82, 2.24) is 19.0 Å². The number of hydrogen-bond donors (Lipinski definition) is 1. The van der Waals surface area contributed by atoms with E-state index in [2.05, 4.69) is 39.3 Å². The minimum absolute atomic E-state index is 0.114. The molecule has 0 bridgehead atoms. The number of carbonyl (C=O) groups excluding carboxylic acids is 1. The van der Waals surface area contributed by atoms with Gasteiger partial charge in [-0.1, -0.05) is 12.1 Å². The van der Waals surface area contributed by atoms with Gasteiger partial charge in [0.25, 0.3) is 0 Å². The highest BCUT2D eigenvalue weighted by atomic mass is 16.5. The van der Waals surface area contributed by atoms with E-state index >= 15 is 0 Å². The first-order valence-corrected chi connectivity index (χ1v) is 11.0. The lowest BCUT2D eigenvalue weighted by atomic mass is 9.83. The molecule has 0 radical (unpaired) electrons. The zero-order valence-electron chi connectivity index (χ0n) is 18.0. The molecule has 2 aromatic heterocycles. The SMILES string of the molecule is COc1ccc2c(c1)NC1(CCCN(C(=O)Cn3cnc4ccccc43)C1)c1cccn1-2. The summed E-state index contributed by atoms with van der Waals surface area (Å²) in [5, 5.41) is 3.79. The van der Waals surface area contributed by atoms with Crippen molar-refractivity contribution in [2.75, 3.05) is 25.5 Å². The predicted molar refractivity (Wildman–Crippen MR) is 123 cm³/mol. The number of aromatic nitrogens is 3. The fraction of sp³-hybridized carbons (Fsp3) is 0.280. The van der Waals surface area contributed by atoms with E-state index in [9.17, 15) is 4.79 Å². The van der Waals surface area contributed by atoms with Crippen LogP contribution in [-0.2, 0) is 16.9 Å². The summed E-state index contributed by atoms with van der Waals surface area (Å²) in [6, 6.07) is 18.3. The molecule has 2 aromatic carbocycles. The lowest BCUT2D eigenvalue weighted by Gasteiger charge is -2.47. The molecule has 1 amide bonds. The molecule has 7 heteroatoms. The monoisotopic (exact) mass is 427 g/mol. The molecule has 4 aromatic rings. The maximum absolute atomic E-state index is 13.4. The summed E-state index contributed by atoms with van der Waals surface area (Å²) in [4.78, 5) is 19.8. The summed E-state index contributed by atoms with van der Waals surface area (Å²) < 4.78 is 9.64. The number of fused-ring (bicyclic) bond motifs is 5. The summed E-state index contributed by atoms with van der Waals surface area (Å²) in [6.07, 6.45) is 5.76. The van der Waals surface area contributed by atoms with Crippen LogP contribution in [0.3, 0.4) is 0 Å². The number of rotatable bonds is 3. The van der Waals surface area contributed by atoms with Crippen molar-refractivity contribution in [2.45, 2.75) is 24.9 Å².